The number of hydrogen-bond acceptors (Lipinski definition) is 5. The molecule has 2 aromatic carbocycles. The Morgan fingerprint density at radius 1 is 1.12 bits per heavy atom. The van der Waals surface area contributed by atoms with Gasteiger partial charge in [-0.05, 0) is 25.2 Å². The summed E-state index contributed by atoms with van der Waals surface area (Å²) >= 11 is 0. The summed E-state index contributed by atoms with van der Waals surface area (Å²) in [5, 5.41) is 24.5. The van der Waals surface area contributed by atoms with Crippen LogP contribution in [0.15, 0.2) is 54.6 Å². The van der Waals surface area contributed by atoms with Gasteiger partial charge in [-0.15, -0.1) is 0 Å². The zero-order valence-electron chi connectivity index (χ0n) is 13.9. The van der Waals surface area contributed by atoms with Gasteiger partial charge in [-0.2, -0.15) is 0 Å². The molecule has 6 heteroatoms. The molecule has 0 aliphatic rings. The lowest BCUT2D eigenvalue weighted by Gasteiger charge is -2.23. The number of aliphatic hydroxyl groups is 1. The van der Waals surface area contributed by atoms with Gasteiger partial charge in [0.25, 0.3) is 5.69 Å². The second kappa shape index (κ2) is 8.54. The number of nitrogens with zero attached hydrogens (tertiary/aromatic N) is 2. The molecule has 0 heterocycles. The number of nitrogens with one attached hydrogen (secondary N) is 1. The lowest BCUT2D eigenvalue weighted by molar-refractivity contribution is -0.384. The Balaban J connectivity index is 2.24. The molecule has 0 aliphatic carbocycles. The SMILES string of the molecule is CN(C)CC(O)CNC(c1ccccc1)c1cccc([N+](=O)[O-])c1. The van der Waals surface area contributed by atoms with Gasteiger partial charge >= 0.3 is 0 Å². The van der Waals surface area contributed by atoms with Crippen LogP contribution in [0.3, 0.4) is 0 Å². The zero-order chi connectivity index (χ0) is 17.5. The molecular formula is C18H23N3O3. The average molecular weight is 329 g/mol. The number of likely N-dealkylation sites (N-methyl/N-ethyl adjacent to an activating group) is 1. The van der Waals surface area contributed by atoms with Gasteiger partial charge in [-0.1, -0.05) is 42.5 Å². The molecule has 2 unspecified atom stereocenters. The molecule has 2 N–H and O–H groups in total. The van der Waals surface area contributed by atoms with Crippen molar-refractivity contribution >= 4 is 5.69 Å². The van der Waals surface area contributed by atoms with E-state index in [1.807, 2.05) is 55.4 Å². The van der Waals surface area contributed by atoms with Crippen LogP contribution < -0.4 is 5.32 Å². The Hall–Kier alpha value is -2.28. The van der Waals surface area contributed by atoms with Gasteiger partial charge in [0, 0.05) is 25.2 Å². The third-order valence-electron chi connectivity index (χ3n) is 3.68. The fraction of sp³-hybridized carbons (Fsp3) is 0.333. The number of aliphatic hydroxyl groups excluding tert-OH is 1. The van der Waals surface area contributed by atoms with Gasteiger partial charge in [-0.25, -0.2) is 0 Å². The van der Waals surface area contributed by atoms with Gasteiger partial charge in [0.15, 0.2) is 0 Å². The van der Waals surface area contributed by atoms with E-state index in [1.165, 1.54) is 6.07 Å². The third kappa shape index (κ3) is 5.13. The molecule has 0 radical (unpaired) electrons. The maximum atomic E-state index is 11.0. The maximum absolute atomic E-state index is 11.0. The monoisotopic (exact) mass is 329 g/mol. The number of nitro groups is 1. The van der Waals surface area contributed by atoms with Crippen molar-refractivity contribution in [2.75, 3.05) is 27.2 Å². The van der Waals surface area contributed by atoms with Crippen molar-refractivity contribution < 1.29 is 10.0 Å². The first-order valence-electron chi connectivity index (χ1n) is 7.83. The van der Waals surface area contributed by atoms with Crippen molar-refractivity contribution in [1.82, 2.24) is 10.2 Å². The van der Waals surface area contributed by atoms with E-state index in [0.29, 0.717) is 13.1 Å². The third-order valence-corrected chi connectivity index (χ3v) is 3.68. The predicted octanol–water partition coefficient (Wildman–Crippen LogP) is 2.20. The molecule has 0 spiro atoms. The fourth-order valence-electron chi connectivity index (χ4n) is 2.63. The van der Waals surface area contributed by atoms with Crippen molar-refractivity contribution in [2.45, 2.75) is 12.1 Å². The largest absolute Gasteiger partial charge is 0.390 e. The maximum Gasteiger partial charge on any atom is 0.269 e. The van der Waals surface area contributed by atoms with Crippen LogP contribution in [0.5, 0.6) is 0 Å². The molecular weight excluding hydrogens is 306 g/mol. The summed E-state index contributed by atoms with van der Waals surface area (Å²) in [6.45, 7) is 0.934. The van der Waals surface area contributed by atoms with E-state index in [9.17, 15) is 15.2 Å². The van der Waals surface area contributed by atoms with Crippen LogP contribution >= 0.6 is 0 Å². The molecule has 0 aliphatic heterocycles. The van der Waals surface area contributed by atoms with E-state index in [1.54, 1.807) is 12.1 Å². The molecule has 0 saturated carbocycles. The average Bonchev–Trinajstić information content (AvgIpc) is 2.55. The number of nitro benzene ring substituents is 1. The summed E-state index contributed by atoms with van der Waals surface area (Å²) < 4.78 is 0. The minimum Gasteiger partial charge on any atom is -0.390 e. The second-order valence-corrected chi connectivity index (χ2v) is 6.02. The van der Waals surface area contributed by atoms with E-state index < -0.39 is 11.0 Å². The molecule has 6 nitrogen and oxygen atoms in total. The molecule has 0 fully saturated rings. The Kier molecular flexibility index (Phi) is 6.43. The Morgan fingerprint density at radius 3 is 2.42 bits per heavy atom. The zero-order valence-corrected chi connectivity index (χ0v) is 13.9. The first-order chi connectivity index (χ1) is 11.5. The molecule has 2 rings (SSSR count). The van der Waals surface area contributed by atoms with Crippen molar-refractivity contribution in [2.24, 2.45) is 0 Å². The standard InChI is InChI=1S/C18H23N3O3/c1-20(2)13-17(22)12-19-18(14-7-4-3-5-8-14)15-9-6-10-16(11-15)21(23)24/h3-11,17-19,22H,12-13H2,1-2H3. The number of non-ortho nitro benzene ring substituents is 1. The summed E-state index contributed by atoms with van der Waals surface area (Å²) in [4.78, 5) is 12.6. The topological polar surface area (TPSA) is 78.6 Å². The smallest absolute Gasteiger partial charge is 0.269 e. The highest BCUT2D eigenvalue weighted by Gasteiger charge is 2.18. The second-order valence-electron chi connectivity index (χ2n) is 6.02. The van der Waals surface area contributed by atoms with E-state index >= 15 is 0 Å². The van der Waals surface area contributed by atoms with Crippen LogP contribution in [-0.4, -0.2) is 48.2 Å². The lowest BCUT2D eigenvalue weighted by atomic mass is 9.98. The lowest BCUT2D eigenvalue weighted by Crippen LogP contribution is -2.37. The van der Waals surface area contributed by atoms with Gasteiger partial charge in [0.05, 0.1) is 17.1 Å². The van der Waals surface area contributed by atoms with Gasteiger partial charge in [0.2, 0.25) is 0 Å². The van der Waals surface area contributed by atoms with E-state index in [2.05, 4.69) is 5.32 Å². The summed E-state index contributed by atoms with van der Waals surface area (Å²) in [6, 6.07) is 16.1. The molecule has 0 aromatic heterocycles. The first kappa shape index (κ1) is 18.1. The van der Waals surface area contributed by atoms with E-state index in [0.717, 1.165) is 11.1 Å². The minimum absolute atomic E-state index is 0.0593. The first-order valence-corrected chi connectivity index (χ1v) is 7.83. The van der Waals surface area contributed by atoms with Crippen LogP contribution in [0.25, 0.3) is 0 Å². The molecule has 0 bridgehead atoms. The summed E-state index contributed by atoms with van der Waals surface area (Å²) in [6.07, 6.45) is -0.523. The van der Waals surface area contributed by atoms with Gasteiger partial charge < -0.3 is 15.3 Å². The number of hydrogen-bond donors (Lipinski definition) is 2. The predicted molar refractivity (Wildman–Crippen MR) is 93.9 cm³/mol. The van der Waals surface area contributed by atoms with Crippen LogP contribution in [-0.2, 0) is 0 Å². The molecule has 0 saturated heterocycles. The van der Waals surface area contributed by atoms with E-state index in [-0.39, 0.29) is 11.7 Å². The Bertz CT molecular complexity index is 662. The highest BCUT2D eigenvalue weighted by atomic mass is 16.6. The van der Waals surface area contributed by atoms with Crippen molar-refractivity contribution in [1.29, 1.82) is 0 Å². The normalized spacial score (nSPS) is 13.7. The highest BCUT2D eigenvalue weighted by Crippen LogP contribution is 2.25. The van der Waals surface area contributed by atoms with Crippen molar-refractivity contribution in [3.8, 4) is 0 Å². The summed E-state index contributed by atoms with van der Waals surface area (Å²) in [5.41, 5.74) is 1.85. The summed E-state index contributed by atoms with van der Waals surface area (Å²) in [7, 11) is 3.80. The van der Waals surface area contributed by atoms with Crippen molar-refractivity contribution in [3.05, 3.63) is 75.8 Å². The number of benzene rings is 2. The molecule has 24 heavy (non-hydrogen) atoms. The minimum atomic E-state index is -0.523. The Morgan fingerprint density at radius 2 is 1.79 bits per heavy atom. The van der Waals surface area contributed by atoms with Gasteiger partial charge in [0.1, 0.15) is 0 Å². The molecule has 0 amide bonds. The molecule has 128 valence electrons. The van der Waals surface area contributed by atoms with Crippen molar-refractivity contribution in [3.63, 3.8) is 0 Å². The summed E-state index contributed by atoms with van der Waals surface area (Å²) in [5.74, 6) is 0. The quantitative estimate of drug-likeness (QED) is 0.573. The molecule has 2 aromatic rings. The van der Waals surface area contributed by atoms with Crippen LogP contribution in [0.4, 0.5) is 5.69 Å². The van der Waals surface area contributed by atoms with E-state index in [4.69, 9.17) is 0 Å². The van der Waals surface area contributed by atoms with Crippen LogP contribution in [0, 0.1) is 10.1 Å². The fourth-order valence-corrected chi connectivity index (χ4v) is 2.63. The Labute approximate surface area is 141 Å². The number of rotatable bonds is 8. The highest BCUT2D eigenvalue weighted by molar-refractivity contribution is 5.40. The van der Waals surface area contributed by atoms with Crippen LogP contribution in [0.2, 0.25) is 0 Å². The van der Waals surface area contributed by atoms with Crippen LogP contribution in [0.1, 0.15) is 17.2 Å². The molecule has 2 atom stereocenters. The van der Waals surface area contributed by atoms with Gasteiger partial charge in [-0.3, -0.25) is 10.1 Å².